The van der Waals surface area contributed by atoms with E-state index in [1.165, 1.54) is 11.8 Å². The molecule has 0 aliphatic heterocycles. The van der Waals surface area contributed by atoms with E-state index in [0.717, 1.165) is 37.3 Å². The van der Waals surface area contributed by atoms with Crippen LogP contribution >= 0.6 is 11.8 Å². The Labute approximate surface area is 109 Å². The topological polar surface area (TPSA) is 93.3 Å². The Hall–Kier alpha value is -1.63. The Morgan fingerprint density at radius 2 is 2.28 bits per heavy atom. The molecule has 7 heteroatoms. The summed E-state index contributed by atoms with van der Waals surface area (Å²) in [4.78, 5) is 24.8. The number of aromatic carboxylic acids is 1. The Bertz CT molecular complexity index is 451. The first-order chi connectivity index (χ1) is 8.56. The van der Waals surface area contributed by atoms with Gasteiger partial charge in [-0.05, 0) is 12.2 Å². The van der Waals surface area contributed by atoms with E-state index in [-0.39, 0.29) is 16.3 Å². The van der Waals surface area contributed by atoms with Gasteiger partial charge in [0.2, 0.25) is 0 Å². The Morgan fingerprint density at radius 3 is 2.83 bits per heavy atom. The van der Waals surface area contributed by atoms with Crippen LogP contribution in [0.25, 0.3) is 0 Å². The number of carbonyl (C=O) groups is 1. The molecule has 0 unspecified atom stereocenters. The molecular weight excluding hydrogens is 256 g/mol. The third-order valence-corrected chi connectivity index (χ3v) is 3.34. The van der Waals surface area contributed by atoms with Crippen molar-refractivity contribution in [1.82, 2.24) is 4.98 Å². The number of thioether (sulfide) groups is 1. The second-order valence-corrected chi connectivity index (χ2v) is 4.75. The molecule has 1 aromatic heterocycles. The maximum atomic E-state index is 10.8. The molecule has 0 bridgehead atoms. The van der Waals surface area contributed by atoms with E-state index in [4.69, 9.17) is 5.11 Å². The van der Waals surface area contributed by atoms with Gasteiger partial charge in [-0.3, -0.25) is 10.1 Å². The molecule has 0 aromatic carbocycles. The predicted molar refractivity (Wildman–Crippen MR) is 68.1 cm³/mol. The molecule has 0 atom stereocenters. The summed E-state index contributed by atoms with van der Waals surface area (Å²) >= 11 is 1.29. The zero-order valence-corrected chi connectivity index (χ0v) is 10.8. The first kappa shape index (κ1) is 14.4. The molecule has 0 saturated heterocycles. The summed E-state index contributed by atoms with van der Waals surface area (Å²) < 4.78 is 0. The third kappa shape index (κ3) is 3.99. The van der Waals surface area contributed by atoms with Crippen molar-refractivity contribution in [2.75, 3.05) is 5.75 Å². The van der Waals surface area contributed by atoms with Crippen LogP contribution in [0.1, 0.15) is 36.5 Å². The second-order valence-electron chi connectivity index (χ2n) is 3.67. The minimum Gasteiger partial charge on any atom is -0.478 e. The zero-order valence-electron chi connectivity index (χ0n) is 9.96. The molecule has 6 nitrogen and oxygen atoms in total. The molecule has 1 N–H and O–H groups in total. The Balaban J connectivity index is 2.83. The van der Waals surface area contributed by atoms with Crippen molar-refractivity contribution in [3.05, 3.63) is 27.9 Å². The molecule has 0 aliphatic carbocycles. The molecule has 1 rings (SSSR count). The number of pyridine rings is 1. The van der Waals surface area contributed by atoms with Crippen molar-refractivity contribution >= 4 is 23.4 Å². The molecule has 1 heterocycles. The highest BCUT2D eigenvalue weighted by molar-refractivity contribution is 7.99. The first-order valence-electron chi connectivity index (χ1n) is 5.56. The number of nitro groups is 1. The van der Waals surface area contributed by atoms with Crippen LogP contribution in [0.15, 0.2) is 17.3 Å². The summed E-state index contributed by atoms with van der Waals surface area (Å²) in [6.07, 6.45) is 4.25. The lowest BCUT2D eigenvalue weighted by Gasteiger charge is -2.02. The third-order valence-electron chi connectivity index (χ3n) is 2.26. The van der Waals surface area contributed by atoms with Gasteiger partial charge in [-0.15, -0.1) is 0 Å². The molecule has 1 aromatic rings. The standard InChI is InChI=1S/C11H14N2O4S/c1-2-3-4-5-18-10-9(13(16)17)6-8(7-12-10)11(14)15/h6-7H,2-5H2,1H3,(H,14,15). The van der Waals surface area contributed by atoms with Gasteiger partial charge in [-0.1, -0.05) is 31.5 Å². The van der Waals surface area contributed by atoms with Gasteiger partial charge < -0.3 is 5.11 Å². The highest BCUT2D eigenvalue weighted by Gasteiger charge is 2.18. The fourth-order valence-electron chi connectivity index (χ4n) is 1.32. The van der Waals surface area contributed by atoms with Crippen molar-refractivity contribution in [2.24, 2.45) is 0 Å². The summed E-state index contributed by atoms with van der Waals surface area (Å²) in [5, 5.41) is 19.9. The molecule has 0 spiro atoms. The quantitative estimate of drug-likeness (QED) is 0.354. The Kier molecular flexibility index (Phi) is 5.57. The van der Waals surface area contributed by atoms with Gasteiger partial charge in [-0.25, -0.2) is 9.78 Å². The van der Waals surface area contributed by atoms with Gasteiger partial charge in [0.05, 0.1) is 10.5 Å². The van der Waals surface area contributed by atoms with Crippen LogP contribution in [0.3, 0.4) is 0 Å². The van der Waals surface area contributed by atoms with Crippen molar-refractivity contribution in [3.8, 4) is 0 Å². The van der Waals surface area contributed by atoms with Crippen LogP contribution in [-0.4, -0.2) is 26.7 Å². The molecule has 18 heavy (non-hydrogen) atoms. The second kappa shape index (κ2) is 6.95. The monoisotopic (exact) mass is 270 g/mol. The number of nitrogens with zero attached hydrogens (tertiary/aromatic N) is 2. The average molecular weight is 270 g/mol. The average Bonchev–Trinajstić information content (AvgIpc) is 2.34. The number of rotatable bonds is 7. The van der Waals surface area contributed by atoms with Crippen molar-refractivity contribution in [2.45, 2.75) is 31.2 Å². The van der Waals surface area contributed by atoms with Gasteiger partial charge in [-0.2, -0.15) is 0 Å². The highest BCUT2D eigenvalue weighted by atomic mass is 32.2. The summed E-state index contributed by atoms with van der Waals surface area (Å²) in [5.41, 5.74) is -0.406. The van der Waals surface area contributed by atoms with E-state index in [2.05, 4.69) is 11.9 Å². The molecule has 98 valence electrons. The number of hydrogen-bond donors (Lipinski definition) is 1. The van der Waals surface area contributed by atoms with Crippen LogP contribution < -0.4 is 0 Å². The lowest BCUT2D eigenvalue weighted by Crippen LogP contribution is -2.01. The van der Waals surface area contributed by atoms with E-state index in [0.29, 0.717) is 0 Å². The predicted octanol–water partition coefficient (Wildman–Crippen LogP) is 2.97. The summed E-state index contributed by atoms with van der Waals surface area (Å²) in [6.45, 7) is 2.08. The van der Waals surface area contributed by atoms with Crippen molar-refractivity contribution in [3.63, 3.8) is 0 Å². The molecule has 0 amide bonds. The van der Waals surface area contributed by atoms with Gasteiger partial charge in [0.15, 0.2) is 5.03 Å². The van der Waals surface area contributed by atoms with Gasteiger partial charge >= 0.3 is 11.7 Å². The molecule has 0 fully saturated rings. The number of carboxylic acids is 1. The fraction of sp³-hybridized carbons (Fsp3) is 0.455. The first-order valence-corrected chi connectivity index (χ1v) is 6.55. The maximum absolute atomic E-state index is 10.8. The maximum Gasteiger partial charge on any atom is 0.337 e. The van der Waals surface area contributed by atoms with Gasteiger partial charge in [0, 0.05) is 12.3 Å². The van der Waals surface area contributed by atoms with E-state index in [9.17, 15) is 14.9 Å². The normalized spacial score (nSPS) is 10.3. The van der Waals surface area contributed by atoms with Crippen molar-refractivity contribution < 1.29 is 14.8 Å². The number of aromatic nitrogens is 1. The smallest absolute Gasteiger partial charge is 0.337 e. The summed E-state index contributed by atoms with van der Waals surface area (Å²) in [7, 11) is 0. The highest BCUT2D eigenvalue weighted by Crippen LogP contribution is 2.28. The van der Waals surface area contributed by atoms with E-state index >= 15 is 0 Å². The summed E-state index contributed by atoms with van der Waals surface area (Å²) in [6, 6.07) is 1.05. The lowest BCUT2D eigenvalue weighted by atomic mass is 10.3. The van der Waals surface area contributed by atoms with Crippen LogP contribution in [0, 0.1) is 10.1 Å². The fourth-order valence-corrected chi connectivity index (χ4v) is 2.27. The number of unbranched alkanes of at least 4 members (excludes halogenated alkanes) is 2. The SMILES string of the molecule is CCCCCSc1ncc(C(=O)O)cc1[N+](=O)[O-]. The van der Waals surface area contributed by atoms with Gasteiger partial charge in [0.1, 0.15) is 0 Å². The summed E-state index contributed by atoms with van der Waals surface area (Å²) in [5.74, 6) is -0.471. The van der Waals surface area contributed by atoms with Crippen LogP contribution in [0.5, 0.6) is 0 Å². The molecular formula is C11H14N2O4S. The molecule has 0 aliphatic rings. The zero-order chi connectivity index (χ0) is 13.5. The number of carboxylic acid groups (broad SMARTS) is 1. The van der Waals surface area contributed by atoms with Crippen LogP contribution in [-0.2, 0) is 0 Å². The molecule has 0 saturated carbocycles. The molecule has 0 radical (unpaired) electrons. The number of hydrogen-bond acceptors (Lipinski definition) is 5. The van der Waals surface area contributed by atoms with Crippen LogP contribution in [0.4, 0.5) is 5.69 Å². The van der Waals surface area contributed by atoms with Crippen molar-refractivity contribution in [1.29, 1.82) is 0 Å². The largest absolute Gasteiger partial charge is 0.478 e. The van der Waals surface area contributed by atoms with E-state index < -0.39 is 10.9 Å². The van der Waals surface area contributed by atoms with E-state index in [1.807, 2.05) is 0 Å². The minimum atomic E-state index is -1.21. The Morgan fingerprint density at radius 1 is 1.56 bits per heavy atom. The van der Waals surface area contributed by atoms with Crippen LogP contribution in [0.2, 0.25) is 0 Å². The minimum absolute atomic E-state index is 0.167. The lowest BCUT2D eigenvalue weighted by molar-refractivity contribution is -0.388. The van der Waals surface area contributed by atoms with Gasteiger partial charge in [0.25, 0.3) is 0 Å². The van der Waals surface area contributed by atoms with E-state index in [1.54, 1.807) is 0 Å².